The van der Waals surface area contributed by atoms with Crippen molar-refractivity contribution in [2.75, 3.05) is 20.6 Å². The molecular formula is C17H36N2. The minimum atomic E-state index is 0.731. The molecule has 0 aromatic carbocycles. The molecule has 2 nitrogen and oxygen atoms in total. The van der Waals surface area contributed by atoms with E-state index in [0.717, 1.165) is 23.9 Å². The van der Waals surface area contributed by atoms with Crippen LogP contribution in [0.5, 0.6) is 0 Å². The molecule has 1 fully saturated rings. The molecule has 1 aliphatic rings. The summed E-state index contributed by atoms with van der Waals surface area (Å²) in [6, 6.07) is 1.47. The second kappa shape index (κ2) is 8.97. The zero-order valence-corrected chi connectivity index (χ0v) is 13.9. The van der Waals surface area contributed by atoms with E-state index >= 15 is 0 Å². The fourth-order valence-corrected chi connectivity index (χ4v) is 3.80. The molecule has 0 amide bonds. The topological polar surface area (TPSA) is 15.3 Å². The molecule has 4 atom stereocenters. The number of rotatable bonds is 8. The number of nitrogens with zero attached hydrogens (tertiary/aromatic N) is 1. The zero-order chi connectivity index (χ0) is 14.3. The monoisotopic (exact) mass is 268 g/mol. The van der Waals surface area contributed by atoms with Gasteiger partial charge in [-0.05, 0) is 58.5 Å². The highest BCUT2D eigenvalue weighted by atomic mass is 15.1. The Labute approximate surface area is 121 Å². The first-order valence-corrected chi connectivity index (χ1v) is 8.49. The average molecular weight is 268 g/mol. The number of nitrogens with one attached hydrogen (secondary N) is 1. The first-order chi connectivity index (χ1) is 9.12. The summed E-state index contributed by atoms with van der Waals surface area (Å²) in [6.07, 6.45) is 9.65. The van der Waals surface area contributed by atoms with Crippen molar-refractivity contribution < 1.29 is 0 Å². The van der Waals surface area contributed by atoms with E-state index in [1.165, 1.54) is 51.5 Å². The van der Waals surface area contributed by atoms with Crippen molar-refractivity contribution in [3.63, 3.8) is 0 Å². The maximum absolute atomic E-state index is 3.57. The summed E-state index contributed by atoms with van der Waals surface area (Å²) >= 11 is 0. The Bertz CT molecular complexity index is 229. The van der Waals surface area contributed by atoms with Crippen LogP contribution in [0, 0.1) is 11.8 Å². The lowest BCUT2D eigenvalue weighted by Gasteiger charge is -2.39. The van der Waals surface area contributed by atoms with Crippen LogP contribution in [0.2, 0.25) is 0 Å². The lowest BCUT2D eigenvalue weighted by Crippen LogP contribution is -2.45. The van der Waals surface area contributed by atoms with Gasteiger partial charge in [0.25, 0.3) is 0 Å². The smallest absolute Gasteiger partial charge is 0.0105 e. The first-order valence-electron chi connectivity index (χ1n) is 8.49. The van der Waals surface area contributed by atoms with E-state index in [4.69, 9.17) is 0 Å². The maximum Gasteiger partial charge on any atom is 0.0105 e. The molecule has 0 bridgehead atoms. The van der Waals surface area contributed by atoms with Gasteiger partial charge in [-0.3, -0.25) is 0 Å². The fourth-order valence-electron chi connectivity index (χ4n) is 3.80. The molecule has 0 aromatic heterocycles. The van der Waals surface area contributed by atoms with Gasteiger partial charge < -0.3 is 10.2 Å². The van der Waals surface area contributed by atoms with Crippen LogP contribution in [-0.4, -0.2) is 37.6 Å². The molecule has 1 saturated carbocycles. The van der Waals surface area contributed by atoms with Crippen LogP contribution < -0.4 is 5.32 Å². The van der Waals surface area contributed by atoms with Crippen molar-refractivity contribution in [3.8, 4) is 0 Å². The fraction of sp³-hybridized carbons (Fsp3) is 1.00. The van der Waals surface area contributed by atoms with Crippen molar-refractivity contribution in [3.05, 3.63) is 0 Å². The molecule has 0 spiro atoms. The molecule has 1 aliphatic carbocycles. The van der Waals surface area contributed by atoms with Gasteiger partial charge >= 0.3 is 0 Å². The van der Waals surface area contributed by atoms with E-state index in [1.54, 1.807) is 0 Å². The SMILES string of the molecule is CCCC1CCC(NC)C(CN(C)C(C)CCC)C1. The van der Waals surface area contributed by atoms with E-state index in [9.17, 15) is 0 Å². The van der Waals surface area contributed by atoms with E-state index in [1.807, 2.05) is 0 Å². The van der Waals surface area contributed by atoms with Gasteiger partial charge in [-0.2, -0.15) is 0 Å². The van der Waals surface area contributed by atoms with Gasteiger partial charge in [-0.1, -0.05) is 33.1 Å². The molecule has 0 saturated heterocycles. The Morgan fingerprint density at radius 1 is 1.21 bits per heavy atom. The molecule has 114 valence electrons. The first kappa shape index (κ1) is 17.0. The Hall–Kier alpha value is -0.0800. The molecule has 0 aromatic rings. The van der Waals surface area contributed by atoms with Gasteiger partial charge in [-0.15, -0.1) is 0 Å². The summed E-state index contributed by atoms with van der Waals surface area (Å²) in [4.78, 5) is 2.59. The van der Waals surface area contributed by atoms with Gasteiger partial charge in [0.05, 0.1) is 0 Å². The highest BCUT2D eigenvalue weighted by Crippen LogP contribution is 2.32. The van der Waals surface area contributed by atoms with Crippen LogP contribution in [0.4, 0.5) is 0 Å². The van der Waals surface area contributed by atoms with Gasteiger partial charge in [0.15, 0.2) is 0 Å². The Kier molecular flexibility index (Phi) is 8.01. The van der Waals surface area contributed by atoms with Crippen molar-refractivity contribution in [1.29, 1.82) is 0 Å². The van der Waals surface area contributed by atoms with Crippen LogP contribution in [0.25, 0.3) is 0 Å². The summed E-state index contributed by atoms with van der Waals surface area (Å²) < 4.78 is 0. The molecule has 0 heterocycles. The van der Waals surface area contributed by atoms with E-state index in [-0.39, 0.29) is 0 Å². The molecular weight excluding hydrogens is 232 g/mol. The molecule has 19 heavy (non-hydrogen) atoms. The second-order valence-electron chi connectivity index (χ2n) is 6.70. The Balaban J connectivity index is 2.50. The van der Waals surface area contributed by atoms with E-state index in [2.05, 4.69) is 45.1 Å². The van der Waals surface area contributed by atoms with Crippen LogP contribution in [-0.2, 0) is 0 Å². The molecule has 4 unspecified atom stereocenters. The van der Waals surface area contributed by atoms with E-state index < -0.39 is 0 Å². The van der Waals surface area contributed by atoms with Gasteiger partial charge in [0, 0.05) is 18.6 Å². The second-order valence-corrected chi connectivity index (χ2v) is 6.70. The summed E-state index contributed by atoms with van der Waals surface area (Å²) in [6.45, 7) is 8.27. The largest absolute Gasteiger partial charge is 0.317 e. The number of hydrogen-bond acceptors (Lipinski definition) is 2. The standard InChI is InChI=1S/C17H36N2/c1-6-8-14(3)19(5)13-16-12-15(9-7-2)10-11-17(16)18-4/h14-18H,6-13H2,1-5H3. The summed E-state index contributed by atoms with van der Waals surface area (Å²) in [5.74, 6) is 1.83. The zero-order valence-electron chi connectivity index (χ0n) is 13.9. The number of hydrogen-bond donors (Lipinski definition) is 1. The molecule has 1 N–H and O–H groups in total. The minimum Gasteiger partial charge on any atom is -0.317 e. The van der Waals surface area contributed by atoms with Crippen molar-refractivity contribution in [1.82, 2.24) is 10.2 Å². The maximum atomic E-state index is 3.57. The minimum absolute atomic E-state index is 0.731. The van der Waals surface area contributed by atoms with Crippen molar-refractivity contribution >= 4 is 0 Å². The molecule has 0 radical (unpaired) electrons. The molecule has 1 rings (SSSR count). The van der Waals surface area contributed by atoms with Crippen molar-refractivity contribution in [2.24, 2.45) is 11.8 Å². The Morgan fingerprint density at radius 2 is 1.95 bits per heavy atom. The van der Waals surface area contributed by atoms with Crippen LogP contribution in [0.1, 0.15) is 65.7 Å². The van der Waals surface area contributed by atoms with Gasteiger partial charge in [0.2, 0.25) is 0 Å². The lowest BCUT2D eigenvalue weighted by molar-refractivity contribution is 0.131. The predicted molar refractivity (Wildman–Crippen MR) is 85.6 cm³/mol. The van der Waals surface area contributed by atoms with Gasteiger partial charge in [0.1, 0.15) is 0 Å². The highest BCUT2D eigenvalue weighted by Gasteiger charge is 2.30. The Morgan fingerprint density at radius 3 is 2.53 bits per heavy atom. The van der Waals surface area contributed by atoms with Crippen LogP contribution in [0.3, 0.4) is 0 Å². The summed E-state index contributed by atoms with van der Waals surface area (Å²) in [7, 11) is 4.46. The third-order valence-corrected chi connectivity index (χ3v) is 5.14. The highest BCUT2D eigenvalue weighted by molar-refractivity contribution is 4.86. The quantitative estimate of drug-likeness (QED) is 0.718. The lowest BCUT2D eigenvalue weighted by atomic mass is 9.76. The molecule has 0 aliphatic heterocycles. The predicted octanol–water partition coefficient (Wildman–Crippen LogP) is 3.91. The third kappa shape index (κ3) is 5.43. The molecule has 2 heteroatoms. The van der Waals surface area contributed by atoms with Crippen LogP contribution in [0.15, 0.2) is 0 Å². The summed E-state index contributed by atoms with van der Waals surface area (Å²) in [5, 5.41) is 3.57. The normalized spacial score (nSPS) is 29.7. The van der Waals surface area contributed by atoms with Gasteiger partial charge in [-0.25, -0.2) is 0 Å². The van der Waals surface area contributed by atoms with E-state index in [0.29, 0.717) is 0 Å². The van der Waals surface area contributed by atoms with Crippen molar-refractivity contribution in [2.45, 2.75) is 77.8 Å². The summed E-state index contributed by atoms with van der Waals surface area (Å²) in [5.41, 5.74) is 0. The average Bonchev–Trinajstić information content (AvgIpc) is 2.39. The third-order valence-electron chi connectivity index (χ3n) is 5.14. The van der Waals surface area contributed by atoms with Crippen LogP contribution >= 0.6 is 0 Å².